The molecule has 0 spiro atoms. The van der Waals surface area contributed by atoms with Crippen LogP contribution < -0.4 is 11.1 Å². The van der Waals surface area contributed by atoms with Crippen molar-refractivity contribution in [3.63, 3.8) is 0 Å². The third-order valence-electron chi connectivity index (χ3n) is 1.01. The lowest BCUT2D eigenvalue weighted by Crippen LogP contribution is -2.45. The first-order chi connectivity index (χ1) is 5.43. The molecule has 7 nitrogen and oxygen atoms in total. The van der Waals surface area contributed by atoms with E-state index in [1.807, 2.05) is 5.32 Å². The average Bonchev–Trinajstić information content (AvgIpc) is 1.83. The van der Waals surface area contributed by atoms with E-state index < -0.39 is 30.4 Å². The van der Waals surface area contributed by atoms with Gasteiger partial charge in [-0.3, -0.25) is 10.2 Å². The van der Waals surface area contributed by atoms with Crippen molar-refractivity contribution in [1.29, 1.82) is 5.41 Å². The number of nitrogens with one attached hydrogen (secondary N) is 2. The van der Waals surface area contributed by atoms with Gasteiger partial charge in [0.1, 0.15) is 6.04 Å². The van der Waals surface area contributed by atoms with Crippen molar-refractivity contribution in [3.05, 3.63) is 0 Å². The fourth-order valence-corrected chi connectivity index (χ4v) is 0.562. The minimum absolute atomic E-state index is 0.566. The van der Waals surface area contributed by atoms with Crippen LogP contribution in [0, 0.1) is 5.41 Å². The second-order valence-electron chi connectivity index (χ2n) is 2.05. The molecule has 68 valence electrons. The lowest BCUT2D eigenvalue weighted by molar-refractivity contribution is -0.145. The van der Waals surface area contributed by atoms with Crippen LogP contribution in [-0.4, -0.2) is 34.2 Å². The quantitative estimate of drug-likeness (QED) is 0.258. The van der Waals surface area contributed by atoms with E-state index >= 15 is 0 Å². The Labute approximate surface area is 67.7 Å². The summed E-state index contributed by atoms with van der Waals surface area (Å²) in [5, 5.41) is 25.3. The number of rotatable bonds is 4. The summed E-state index contributed by atoms with van der Waals surface area (Å²) in [5.41, 5.74) is 4.82. The van der Waals surface area contributed by atoms with Crippen molar-refractivity contribution in [2.75, 3.05) is 0 Å². The highest BCUT2D eigenvalue weighted by Crippen LogP contribution is 1.91. The minimum atomic E-state index is -1.35. The van der Waals surface area contributed by atoms with Gasteiger partial charge >= 0.3 is 11.9 Å². The molecule has 0 aromatic heterocycles. The molecule has 0 aromatic carbocycles. The van der Waals surface area contributed by atoms with Gasteiger partial charge in [0, 0.05) is 0 Å². The normalized spacial score (nSPS) is 11.7. The van der Waals surface area contributed by atoms with Gasteiger partial charge in [0.25, 0.3) is 0 Å². The highest BCUT2D eigenvalue weighted by Gasteiger charge is 2.20. The van der Waals surface area contributed by atoms with Crippen LogP contribution in [0.3, 0.4) is 0 Å². The summed E-state index contributed by atoms with van der Waals surface area (Å²) < 4.78 is 0. The summed E-state index contributed by atoms with van der Waals surface area (Å²) in [7, 11) is 0. The number of nitrogens with two attached hydrogens (primary N) is 1. The first-order valence-corrected chi connectivity index (χ1v) is 2.98. The van der Waals surface area contributed by atoms with Crippen LogP contribution in [-0.2, 0) is 9.59 Å². The number of carbonyl (C=O) groups is 2. The van der Waals surface area contributed by atoms with Gasteiger partial charge in [-0.25, -0.2) is 4.79 Å². The number of guanidine groups is 1. The van der Waals surface area contributed by atoms with Crippen LogP contribution in [0.25, 0.3) is 0 Å². The first-order valence-electron chi connectivity index (χ1n) is 2.98. The maximum Gasteiger partial charge on any atom is 0.326 e. The minimum Gasteiger partial charge on any atom is -0.481 e. The Morgan fingerprint density at radius 1 is 1.50 bits per heavy atom. The average molecular weight is 175 g/mol. The summed E-state index contributed by atoms with van der Waals surface area (Å²) in [6.45, 7) is 0. The molecule has 0 saturated heterocycles. The molecule has 0 bridgehead atoms. The van der Waals surface area contributed by atoms with E-state index in [-0.39, 0.29) is 0 Å². The van der Waals surface area contributed by atoms with Crippen molar-refractivity contribution in [3.8, 4) is 0 Å². The van der Waals surface area contributed by atoms with Crippen LogP contribution >= 0.6 is 0 Å². The molecule has 0 heterocycles. The zero-order valence-electron chi connectivity index (χ0n) is 6.07. The van der Waals surface area contributed by atoms with Gasteiger partial charge in [0.2, 0.25) is 0 Å². The van der Waals surface area contributed by atoms with E-state index in [0.717, 1.165) is 0 Å². The lowest BCUT2D eigenvalue weighted by Gasteiger charge is -2.10. The molecule has 0 unspecified atom stereocenters. The van der Waals surface area contributed by atoms with E-state index in [0.29, 0.717) is 0 Å². The summed E-state index contributed by atoms with van der Waals surface area (Å²) >= 11 is 0. The molecule has 0 aliphatic heterocycles. The lowest BCUT2D eigenvalue weighted by atomic mass is 10.2. The number of hydrogen-bond acceptors (Lipinski definition) is 3. The number of hydrogen-bond donors (Lipinski definition) is 5. The maximum absolute atomic E-state index is 10.3. The predicted octanol–water partition coefficient (Wildman–Crippen LogP) is -1.60. The van der Waals surface area contributed by atoms with Gasteiger partial charge in [0.15, 0.2) is 5.96 Å². The Morgan fingerprint density at radius 2 is 2.00 bits per heavy atom. The van der Waals surface area contributed by atoms with E-state index in [1.165, 1.54) is 0 Å². The summed E-state index contributed by atoms with van der Waals surface area (Å²) in [4.78, 5) is 20.4. The highest BCUT2D eigenvalue weighted by molar-refractivity contribution is 5.86. The molecule has 6 N–H and O–H groups in total. The molecule has 0 aliphatic rings. The van der Waals surface area contributed by atoms with E-state index in [9.17, 15) is 9.59 Å². The molecule has 0 amide bonds. The zero-order chi connectivity index (χ0) is 9.72. The third-order valence-corrected chi connectivity index (χ3v) is 1.01. The first kappa shape index (κ1) is 10.2. The van der Waals surface area contributed by atoms with Crippen LogP contribution in [0.2, 0.25) is 0 Å². The number of carboxylic acid groups (broad SMARTS) is 2. The topological polar surface area (TPSA) is 136 Å². The van der Waals surface area contributed by atoms with Crippen molar-refractivity contribution < 1.29 is 19.8 Å². The van der Waals surface area contributed by atoms with E-state index in [4.69, 9.17) is 21.4 Å². The molecule has 0 radical (unpaired) electrons. The zero-order valence-corrected chi connectivity index (χ0v) is 6.07. The van der Waals surface area contributed by atoms with Gasteiger partial charge in [-0.1, -0.05) is 0 Å². The van der Waals surface area contributed by atoms with Crippen molar-refractivity contribution in [2.45, 2.75) is 12.5 Å². The second-order valence-corrected chi connectivity index (χ2v) is 2.05. The van der Waals surface area contributed by atoms with Crippen LogP contribution in [0.5, 0.6) is 0 Å². The Kier molecular flexibility index (Phi) is 3.54. The Hall–Kier alpha value is -1.79. The molecule has 7 heteroatoms. The van der Waals surface area contributed by atoms with Crippen molar-refractivity contribution in [2.24, 2.45) is 5.73 Å². The fraction of sp³-hybridized carbons (Fsp3) is 0.400. The molecule has 0 aliphatic carbocycles. The van der Waals surface area contributed by atoms with E-state index in [1.54, 1.807) is 0 Å². The van der Waals surface area contributed by atoms with Gasteiger partial charge in [-0.05, 0) is 0 Å². The third kappa shape index (κ3) is 4.09. The molecular weight excluding hydrogens is 166 g/mol. The van der Waals surface area contributed by atoms with Gasteiger partial charge in [-0.15, -0.1) is 0 Å². The summed E-state index contributed by atoms with van der Waals surface area (Å²) in [5.74, 6) is -3.19. The molecule has 12 heavy (non-hydrogen) atoms. The largest absolute Gasteiger partial charge is 0.481 e. The van der Waals surface area contributed by atoms with Crippen LogP contribution in [0.4, 0.5) is 0 Å². The Morgan fingerprint density at radius 3 is 2.25 bits per heavy atom. The van der Waals surface area contributed by atoms with Gasteiger partial charge in [-0.2, -0.15) is 0 Å². The highest BCUT2D eigenvalue weighted by atomic mass is 16.4. The monoisotopic (exact) mass is 175 g/mol. The number of aliphatic carboxylic acids is 2. The molecule has 0 rings (SSSR count). The Balaban J connectivity index is 4.14. The molecule has 0 aromatic rings. The molecule has 0 saturated carbocycles. The Bertz CT molecular complexity index is 199. The standard InChI is InChI=1S/C5H9N3O4/c6-5(7)8-2(4(11)12)1-3(9)10/h2H,1H2,(H,9,10)(H,11,12)(H4,6,7,8)/t2-/m0/s1. The van der Waals surface area contributed by atoms with Crippen LogP contribution in [0.15, 0.2) is 0 Å². The van der Waals surface area contributed by atoms with Crippen molar-refractivity contribution in [1.82, 2.24) is 5.32 Å². The van der Waals surface area contributed by atoms with Crippen LogP contribution in [0.1, 0.15) is 6.42 Å². The van der Waals surface area contributed by atoms with E-state index in [2.05, 4.69) is 0 Å². The molecule has 0 fully saturated rings. The van der Waals surface area contributed by atoms with Gasteiger partial charge in [0.05, 0.1) is 6.42 Å². The summed E-state index contributed by atoms with van der Waals surface area (Å²) in [6, 6.07) is -1.35. The van der Waals surface area contributed by atoms with Gasteiger partial charge < -0.3 is 21.3 Å². The second kappa shape index (κ2) is 4.16. The summed E-state index contributed by atoms with van der Waals surface area (Å²) in [6.07, 6.45) is -0.616. The molecule has 1 atom stereocenters. The fourth-order valence-electron chi connectivity index (χ4n) is 0.562. The molecular formula is C5H9N3O4. The SMILES string of the molecule is N=C(N)N[C@@H](CC(=O)O)C(=O)O. The predicted molar refractivity (Wildman–Crippen MR) is 38.7 cm³/mol. The number of carboxylic acids is 2. The maximum atomic E-state index is 10.3. The smallest absolute Gasteiger partial charge is 0.326 e. The van der Waals surface area contributed by atoms with Crippen molar-refractivity contribution >= 4 is 17.9 Å².